The van der Waals surface area contributed by atoms with Gasteiger partial charge in [-0.1, -0.05) is 6.07 Å². The Morgan fingerprint density at radius 3 is 2.96 bits per heavy atom. The molecule has 1 aliphatic rings. The lowest BCUT2D eigenvalue weighted by atomic mass is 10.1. The average molecular weight is 333 g/mol. The number of hydrogen-bond acceptors (Lipinski definition) is 5. The highest BCUT2D eigenvalue weighted by molar-refractivity contribution is 6.07. The molecule has 7 nitrogen and oxygen atoms in total. The second kappa shape index (κ2) is 5.56. The highest BCUT2D eigenvalue weighted by Crippen LogP contribution is 2.29. The third-order valence-corrected chi connectivity index (χ3v) is 4.90. The standard InChI is InChI=1S/C18H19N7/c19-18-17-16(23-15(24-17)9-11-2-1-6-20-11)12-4-3-10(8-14(12)22-18)13-5-7-21-25-13/h3-5,7-8,11,20H,1-2,6,9H2,(H2,19,22)(H,21,25)(H,23,24)/t11-/m0/s1. The number of benzene rings is 1. The molecule has 0 amide bonds. The first-order chi connectivity index (χ1) is 12.3. The van der Waals surface area contributed by atoms with E-state index in [9.17, 15) is 0 Å². The van der Waals surface area contributed by atoms with Crippen molar-refractivity contribution in [1.29, 1.82) is 0 Å². The number of imidazole rings is 1. The zero-order valence-electron chi connectivity index (χ0n) is 13.7. The molecule has 0 unspecified atom stereocenters. The fraction of sp³-hybridized carbons (Fsp3) is 0.278. The Morgan fingerprint density at radius 1 is 1.20 bits per heavy atom. The number of fused-ring (bicyclic) bond motifs is 3. The number of aromatic nitrogens is 5. The predicted molar refractivity (Wildman–Crippen MR) is 98.1 cm³/mol. The van der Waals surface area contributed by atoms with Gasteiger partial charge in [0.05, 0.1) is 16.7 Å². The molecule has 7 heteroatoms. The van der Waals surface area contributed by atoms with Crippen molar-refractivity contribution in [3.05, 3.63) is 36.3 Å². The summed E-state index contributed by atoms with van der Waals surface area (Å²) in [5.41, 5.74) is 10.6. The molecule has 0 saturated carbocycles. The average Bonchev–Trinajstić information content (AvgIpc) is 3.36. The van der Waals surface area contributed by atoms with Crippen LogP contribution in [0.1, 0.15) is 18.7 Å². The molecular weight excluding hydrogens is 314 g/mol. The van der Waals surface area contributed by atoms with Crippen LogP contribution in [0.2, 0.25) is 0 Å². The van der Waals surface area contributed by atoms with Gasteiger partial charge in [0.25, 0.3) is 0 Å². The van der Waals surface area contributed by atoms with Gasteiger partial charge in [0.1, 0.15) is 11.3 Å². The van der Waals surface area contributed by atoms with Crippen LogP contribution in [0.25, 0.3) is 33.2 Å². The third kappa shape index (κ3) is 2.44. The monoisotopic (exact) mass is 333 g/mol. The maximum absolute atomic E-state index is 6.18. The van der Waals surface area contributed by atoms with Gasteiger partial charge in [-0.05, 0) is 37.6 Å². The van der Waals surface area contributed by atoms with Crippen LogP contribution in [0.15, 0.2) is 30.5 Å². The van der Waals surface area contributed by atoms with E-state index in [1.54, 1.807) is 0 Å². The van der Waals surface area contributed by atoms with Gasteiger partial charge in [-0.25, -0.2) is 9.97 Å². The van der Waals surface area contributed by atoms with Crippen LogP contribution in [0.3, 0.4) is 0 Å². The molecular formula is C18H19N7. The second-order valence-electron chi connectivity index (χ2n) is 6.59. The lowest BCUT2D eigenvalue weighted by Crippen LogP contribution is -2.24. The molecule has 4 heterocycles. The Balaban J connectivity index is 1.62. The normalized spacial score (nSPS) is 17.7. The minimum Gasteiger partial charge on any atom is -0.382 e. The van der Waals surface area contributed by atoms with Crippen molar-refractivity contribution in [2.24, 2.45) is 0 Å². The molecule has 1 fully saturated rings. The predicted octanol–water partition coefficient (Wildman–Crippen LogP) is 2.38. The van der Waals surface area contributed by atoms with Crippen LogP contribution in [0, 0.1) is 0 Å². The summed E-state index contributed by atoms with van der Waals surface area (Å²) in [6, 6.07) is 8.55. The zero-order chi connectivity index (χ0) is 16.8. The van der Waals surface area contributed by atoms with Crippen LogP contribution in [-0.4, -0.2) is 37.7 Å². The van der Waals surface area contributed by atoms with Gasteiger partial charge in [0.2, 0.25) is 0 Å². The molecule has 1 aromatic carbocycles. The van der Waals surface area contributed by atoms with Crippen LogP contribution in [-0.2, 0) is 6.42 Å². The molecule has 5 N–H and O–H groups in total. The summed E-state index contributed by atoms with van der Waals surface area (Å²) in [6.07, 6.45) is 5.12. The zero-order valence-corrected chi connectivity index (χ0v) is 13.7. The van der Waals surface area contributed by atoms with Crippen molar-refractivity contribution in [3.63, 3.8) is 0 Å². The van der Waals surface area contributed by atoms with Gasteiger partial charge < -0.3 is 16.0 Å². The topological polar surface area (TPSA) is 108 Å². The molecule has 126 valence electrons. The fourth-order valence-corrected chi connectivity index (χ4v) is 3.66. The molecule has 0 bridgehead atoms. The highest BCUT2D eigenvalue weighted by Gasteiger charge is 2.18. The van der Waals surface area contributed by atoms with Gasteiger partial charge in [0, 0.05) is 29.6 Å². The Labute approximate surface area is 144 Å². The number of H-pyrrole nitrogens is 2. The lowest BCUT2D eigenvalue weighted by Gasteiger charge is -2.06. The van der Waals surface area contributed by atoms with Crippen LogP contribution >= 0.6 is 0 Å². The summed E-state index contributed by atoms with van der Waals surface area (Å²) in [6.45, 7) is 1.09. The largest absolute Gasteiger partial charge is 0.382 e. The molecule has 25 heavy (non-hydrogen) atoms. The van der Waals surface area contributed by atoms with Gasteiger partial charge in [0.15, 0.2) is 5.82 Å². The van der Waals surface area contributed by atoms with Crippen molar-refractivity contribution >= 4 is 27.8 Å². The molecule has 0 aliphatic carbocycles. The van der Waals surface area contributed by atoms with E-state index in [2.05, 4.69) is 37.6 Å². The molecule has 1 aliphatic heterocycles. The van der Waals surface area contributed by atoms with E-state index in [1.807, 2.05) is 18.3 Å². The summed E-state index contributed by atoms with van der Waals surface area (Å²) in [5, 5.41) is 11.6. The van der Waals surface area contributed by atoms with E-state index in [-0.39, 0.29) is 0 Å². The highest BCUT2D eigenvalue weighted by atomic mass is 15.1. The first-order valence-corrected chi connectivity index (χ1v) is 8.59. The number of hydrogen-bond donors (Lipinski definition) is 4. The van der Waals surface area contributed by atoms with E-state index >= 15 is 0 Å². The first-order valence-electron chi connectivity index (χ1n) is 8.59. The van der Waals surface area contributed by atoms with E-state index in [4.69, 9.17) is 10.7 Å². The van der Waals surface area contributed by atoms with Crippen molar-refractivity contribution in [2.75, 3.05) is 12.3 Å². The maximum atomic E-state index is 6.18. The summed E-state index contributed by atoms with van der Waals surface area (Å²) in [4.78, 5) is 12.7. The molecule has 1 saturated heterocycles. The quantitative estimate of drug-likeness (QED) is 0.460. The number of aromatic amines is 2. The fourth-order valence-electron chi connectivity index (χ4n) is 3.66. The number of rotatable bonds is 3. The smallest absolute Gasteiger partial charge is 0.152 e. The Morgan fingerprint density at radius 2 is 2.16 bits per heavy atom. The Bertz CT molecular complexity index is 1040. The summed E-state index contributed by atoms with van der Waals surface area (Å²) in [5.74, 6) is 1.43. The number of nitrogens with one attached hydrogen (secondary N) is 3. The van der Waals surface area contributed by atoms with E-state index in [1.165, 1.54) is 12.8 Å². The number of pyridine rings is 1. The van der Waals surface area contributed by atoms with E-state index < -0.39 is 0 Å². The summed E-state index contributed by atoms with van der Waals surface area (Å²) >= 11 is 0. The molecule has 0 radical (unpaired) electrons. The van der Waals surface area contributed by atoms with Crippen LogP contribution < -0.4 is 11.1 Å². The number of anilines is 1. The molecule has 3 aromatic heterocycles. The molecule has 0 spiro atoms. The van der Waals surface area contributed by atoms with Crippen molar-refractivity contribution in [1.82, 2.24) is 30.5 Å². The van der Waals surface area contributed by atoms with Crippen molar-refractivity contribution < 1.29 is 0 Å². The SMILES string of the molecule is Nc1nc2cc(-c3cc[nH]n3)ccc2c2[nH]c(C[C@@H]3CCCN3)nc12. The number of nitrogens with zero attached hydrogens (tertiary/aromatic N) is 3. The van der Waals surface area contributed by atoms with Crippen LogP contribution in [0.4, 0.5) is 5.82 Å². The molecule has 4 aromatic rings. The Kier molecular flexibility index (Phi) is 3.21. The number of nitrogen functional groups attached to an aromatic ring is 1. The molecule has 1 atom stereocenters. The minimum atomic E-state index is 0.462. The first kappa shape index (κ1) is 14.4. The van der Waals surface area contributed by atoms with Gasteiger partial charge in [-0.2, -0.15) is 5.10 Å². The summed E-state index contributed by atoms with van der Waals surface area (Å²) < 4.78 is 0. The van der Waals surface area contributed by atoms with Gasteiger partial charge >= 0.3 is 0 Å². The van der Waals surface area contributed by atoms with Gasteiger partial charge in [-0.3, -0.25) is 5.10 Å². The lowest BCUT2D eigenvalue weighted by molar-refractivity contribution is 0.589. The summed E-state index contributed by atoms with van der Waals surface area (Å²) in [7, 11) is 0. The number of nitrogens with two attached hydrogens (primary N) is 1. The van der Waals surface area contributed by atoms with Crippen molar-refractivity contribution in [2.45, 2.75) is 25.3 Å². The minimum absolute atomic E-state index is 0.462. The van der Waals surface area contributed by atoms with Crippen LogP contribution in [0.5, 0.6) is 0 Å². The van der Waals surface area contributed by atoms with E-state index in [0.29, 0.717) is 11.9 Å². The van der Waals surface area contributed by atoms with Gasteiger partial charge in [-0.15, -0.1) is 0 Å². The van der Waals surface area contributed by atoms with E-state index in [0.717, 1.165) is 52.0 Å². The van der Waals surface area contributed by atoms with Crippen molar-refractivity contribution in [3.8, 4) is 11.3 Å². The Hall–Kier alpha value is -2.93. The molecule has 5 rings (SSSR count). The third-order valence-electron chi connectivity index (χ3n) is 4.90. The second-order valence-corrected chi connectivity index (χ2v) is 6.59. The maximum Gasteiger partial charge on any atom is 0.152 e.